The molecule has 0 saturated heterocycles. The number of allylic oxidation sites excluding steroid dienone is 1. The first-order chi connectivity index (χ1) is 28.8. The van der Waals surface area contributed by atoms with Crippen LogP contribution in [0.5, 0.6) is 0 Å². The van der Waals surface area contributed by atoms with Crippen LogP contribution in [0.3, 0.4) is 0 Å². The van der Waals surface area contributed by atoms with Crippen LogP contribution in [0.4, 0.5) is 0 Å². The Labute approximate surface area is 354 Å². The third-order valence-corrected chi connectivity index (χ3v) is 8.72. The van der Waals surface area contributed by atoms with E-state index in [0.717, 1.165) is 6.42 Å². The van der Waals surface area contributed by atoms with E-state index in [1.807, 2.05) is 89.2 Å². The van der Waals surface area contributed by atoms with Gasteiger partial charge in [0.25, 0.3) is 0 Å². The zero-order valence-electron chi connectivity index (χ0n) is 38.2. The Kier molecular flexibility index (Phi) is 25.6. The maximum atomic E-state index is 3.48. The lowest BCUT2D eigenvalue weighted by molar-refractivity contribution is 1.23. The Bertz CT molecular complexity index is 1950. The van der Waals surface area contributed by atoms with Gasteiger partial charge in [0.2, 0.25) is 0 Å². The standard InChI is InChI=1S/C42H28.C4H8.6C2H6/c1-5-17-29(18-6-1)37-33-25-13-14-26-34(33)39(31-21-9-3-10-22-31)42-40(32-23-11-4-12-24-32)36-28-16-15-27-35(36)38(41(37)42)30-19-7-2-8-20-30;1-3-4-2;6*1-2/h1-28H;3H,1,4H2,2H3;6*1-2H3. The molecule has 8 rings (SSSR count). The van der Waals surface area contributed by atoms with Crippen molar-refractivity contribution >= 4 is 32.3 Å². The Morgan fingerprint density at radius 1 is 0.293 bits per heavy atom. The minimum absolute atomic E-state index is 1.08. The second-order valence-electron chi connectivity index (χ2n) is 11.5. The molecule has 0 spiro atoms. The van der Waals surface area contributed by atoms with E-state index in [2.05, 4.69) is 183 Å². The Balaban J connectivity index is 0.000000935. The largest absolute Gasteiger partial charge is 0.103 e. The molecule has 0 aliphatic rings. The third-order valence-electron chi connectivity index (χ3n) is 8.72. The summed E-state index contributed by atoms with van der Waals surface area (Å²) < 4.78 is 0. The van der Waals surface area contributed by atoms with E-state index in [-0.39, 0.29) is 0 Å². The SMILES string of the molecule is C=CCC.CC.CC.CC.CC.CC.CC.c1ccc(-c2c3ccccc3c(-c3ccccc3)c3c(-c4ccccc4)c4ccccc4c(-c4ccccc4)c23)cc1. The summed E-state index contributed by atoms with van der Waals surface area (Å²) in [5.74, 6) is 0. The van der Waals surface area contributed by atoms with E-state index in [9.17, 15) is 0 Å². The lowest BCUT2D eigenvalue weighted by atomic mass is 9.77. The van der Waals surface area contributed by atoms with Gasteiger partial charge in [0.15, 0.2) is 0 Å². The van der Waals surface area contributed by atoms with Gasteiger partial charge in [-0.25, -0.2) is 0 Å². The molecule has 304 valence electrons. The summed E-state index contributed by atoms with van der Waals surface area (Å²) in [6, 6.07) is 61.7. The fourth-order valence-corrected chi connectivity index (χ4v) is 6.75. The monoisotopic (exact) mass is 769 g/mol. The van der Waals surface area contributed by atoms with Crippen molar-refractivity contribution in [3.63, 3.8) is 0 Å². The molecular weight excluding hydrogens is 697 g/mol. The first-order valence-corrected chi connectivity index (χ1v) is 22.1. The summed E-state index contributed by atoms with van der Waals surface area (Å²) in [6.07, 6.45) is 2.96. The van der Waals surface area contributed by atoms with E-state index in [4.69, 9.17) is 0 Å². The second kappa shape index (κ2) is 29.5. The minimum Gasteiger partial charge on any atom is -0.103 e. The summed E-state index contributed by atoms with van der Waals surface area (Å²) >= 11 is 0. The van der Waals surface area contributed by atoms with E-state index < -0.39 is 0 Å². The molecule has 0 heterocycles. The van der Waals surface area contributed by atoms with Crippen molar-refractivity contribution in [3.8, 4) is 44.5 Å². The van der Waals surface area contributed by atoms with Crippen LogP contribution in [0.15, 0.2) is 183 Å². The normalized spacial score (nSPS) is 9.26. The number of hydrogen-bond acceptors (Lipinski definition) is 0. The van der Waals surface area contributed by atoms with Gasteiger partial charge < -0.3 is 0 Å². The van der Waals surface area contributed by atoms with Crippen LogP contribution < -0.4 is 0 Å². The highest BCUT2D eigenvalue weighted by molar-refractivity contribution is 6.33. The highest BCUT2D eigenvalue weighted by Crippen LogP contribution is 2.53. The molecule has 0 amide bonds. The molecule has 0 saturated carbocycles. The smallest absolute Gasteiger partial charge is 0.000139 e. The molecule has 0 nitrogen and oxygen atoms in total. The molecule has 58 heavy (non-hydrogen) atoms. The number of rotatable bonds is 5. The summed E-state index contributed by atoms with van der Waals surface area (Å²) in [7, 11) is 0. The quantitative estimate of drug-likeness (QED) is 0.121. The van der Waals surface area contributed by atoms with Gasteiger partial charge in [-0.15, -0.1) is 6.58 Å². The third kappa shape index (κ3) is 11.9. The van der Waals surface area contributed by atoms with Gasteiger partial charge in [0.05, 0.1) is 0 Å². The maximum absolute atomic E-state index is 3.48. The topological polar surface area (TPSA) is 0 Å². The first kappa shape index (κ1) is 50.3. The zero-order chi connectivity index (χ0) is 43.3. The fraction of sp³-hybridized carbons (Fsp3) is 0.241. The van der Waals surface area contributed by atoms with Crippen LogP contribution in [0.1, 0.15) is 96.4 Å². The molecule has 0 bridgehead atoms. The molecule has 0 N–H and O–H groups in total. The average molecular weight is 769 g/mol. The van der Waals surface area contributed by atoms with Gasteiger partial charge >= 0.3 is 0 Å². The summed E-state index contributed by atoms with van der Waals surface area (Å²) in [6.45, 7) is 29.5. The van der Waals surface area contributed by atoms with E-state index in [1.165, 1.54) is 76.8 Å². The number of benzene rings is 8. The van der Waals surface area contributed by atoms with E-state index >= 15 is 0 Å². The van der Waals surface area contributed by atoms with Crippen molar-refractivity contribution in [2.75, 3.05) is 0 Å². The molecule has 0 aliphatic carbocycles. The van der Waals surface area contributed by atoms with Crippen molar-refractivity contribution in [3.05, 3.63) is 183 Å². The van der Waals surface area contributed by atoms with Crippen molar-refractivity contribution in [1.82, 2.24) is 0 Å². The zero-order valence-corrected chi connectivity index (χ0v) is 38.2. The van der Waals surface area contributed by atoms with Crippen LogP contribution in [0.25, 0.3) is 76.8 Å². The average Bonchev–Trinajstić information content (AvgIpc) is 3.35. The molecule has 0 aromatic heterocycles. The molecule has 8 aromatic carbocycles. The van der Waals surface area contributed by atoms with Crippen LogP contribution in [0, 0.1) is 0 Å². The fourth-order valence-electron chi connectivity index (χ4n) is 6.75. The second-order valence-corrected chi connectivity index (χ2v) is 11.5. The molecular formula is C58H72. The molecule has 0 heteroatoms. The van der Waals surface area contributed by atoms with Crippen LogP contribution >= 0.6 is 0 Å². The molecule has 0 fully saturated rings. The van der Waals surface area contributed by atoms with Crippen LogP contribution in [0.2, 0.25) is 0 Å². The van der Waals surface area contributed by atoms with Gasteiger partial charge in [-0.05, 0) is 83.2 Å². The summed E-state index contributed by atoms with van der Waals surface area (Å²) in [4.78, 5) is 0. The van der Waals surface area contributed by atoms with Crippen molar-refractivity contribution in [2.45, 2.75) is 96.4 Å². The summed E-state index contributed by atoms with van der Waals surface area (Å²) in [5, 5.41) is 7.65. The highest BCUT2D eigenvalue weighted by Gasteiger charge is 2.25. The van der Waals surface area contributed by atoms with Gasteiger partial charge in [0, 0.05) is 0 Å². The highest BCUT2D eigenvalue weighted by atomic mass is 14.3. The lowest BCUT2D eigenvalue weighted by Gasteiger charge is -2.25. The predicted octanol–water partition coefficient (Wildman–Crippen LogP) is 19.6. The van der Waals surface area contributed by atoms with Gasteiger partial charge in [-0.3, -0.25) is 0 Å². The van der Waals surface area contributed by atoms with Crippen LogP contribution in [-0.2, 0) is 0 Å². The molecule has 8 aromatic rings. The van der Waals surface area contributed by atoms with E-state index in [1.54, 1.807) is 0 Å². The number of fused-ring (bicyclic) bond motifs is 3. The molecule has 0 unspecified atom stereocenters. The molecule has 0 aliphatic heterocycles. The molecule has 0 radical (unpaired) electrons. The maximum Gasteiger partial charge on any atom is -0.000139 e. The van der Waals surface area contributed by atoms with Crippen LogP contribution in [-0.4, -0.2) is 0 Å². The van der Waals surface area contributed by atoms with Crippen molar-refractivity contribution < 1.29 is 0 Å². The van der Waals surface area contributed by atoms with Gasteiger partial charge in [0.1, 0.15) is 0 Å². The molecule has 0 atom stereocenters. The van der Waals surface area contributed by atoms with Crippen molar-refractivity contribution in [1.29, 1.82) is 0 Å². The number of hydrogen-bond donors (Lipinski definition) is 0. The Hall–Kier alpha value is -5.72. The predicted molar refractivity (Wildman–Crippen MR) is 269 cm³/mol. The Morgan fingerprint density at radius 2 is 0.448 bits per heavy atom. The Morgan fingerprint density at radius 3 is 0.603 bits per heavy atom. The summed E-state index contributed by atoms with van der Waals surface area (Å²) in [5.41, 5.74) is 10.0. The van der Waals surface area contributed by atoms with E-state index in [0.29, 0.717) is 0 Å². The van der Waals surface area contributed by atoms with Crippen molar-refractivity contribution in [2.24, 2.45) is 0 Å². The van der Waals surface area contributed by atoms with Gasteiger partial charge in [-0.1, -0.05) is 266 Å². The minimum atomic E-state index is 1.08. The lowest BCUT2D eigenvalue weighted by Crippen LogP contribution is -1.97. The van der Waals surface area contributed by atoms with Gasteiger partial charge in [-0.2, -0.15) is 0 Å². The first-order valence-electron chi connectivity index (χ1n) is 22.1.